The van der Waals surface area contributed by atoms with E-state index in [4.69, 9.17) is 11.6 Å². The number of hydrogen-bond acceptors (Lipinski definition) is 4. The number of anilines is 1. The fourth-order valence-electron chi connectivity index (χ4n) is 1.71. The van der Waals surface area contributed by atoms with Crippen LogP contribution in [0.25, 0.3) is 0 Å². The van der Waals surface area contributed by atoms with Gasteiger partial charge in [0, 0.05) is 0 Å². The Bertz CT molecular complexity index is 819. The Morgan fingerprint density at radius 3 is 2.67 bits per heavy atom. The van der Waals surface area contributed by atoms with E-state index in [2.05, 4.69) is 15.1 Å². The van der Waals surface area contributed by atoms with Gasteiger partial charge in [0.2, 0.25) is 5.91 Å². The van der Waals surface area contributed by atoms with Crippen molar-refractivity contribution >= 4 is 35.0 Å². The van der Waals surface area contributed by atoms with Gasteiger partial charge in [-0.1, -0.05) is 16.3 Å². The van der Waals surface area contributed by atoms with Crippen molar-refractivity contribution in [3.8, 4) is 0 Å². The number of carbonyl (C=O) groups excluding carboxylic acids is 1. The zero-order valence-corrected chi connectivity index (χ0v) is 14.0. The highest BCUT2D eigenvalue weighted by Crippen LogP contribution is 2.34. The van der Waals surface area contributed by atoms with Gasteiger partial charge in [-0.25, -0.2) is 4.79 Å². The molecular weight excluding hydrogens is 371 g/mol. The van der Waals surface area contributed by atoms with Crippen LogP contribution in [-0.2, 0) is 18.0 Å². The number of halogens is 4. The normalized spacial score (nSPS) is 12.9. The molecule has 1 unspecified atom stereocenters. The highest BCUT2D eigenvalue weighted by molar-refractivity contribution is 8.00. The summed E-state index contributed by atoms with van der Waals surface area (Å²) >= 11 is 6.72. The molecule has 6 nitrogen and oxygen atoms in total. The van der Waals surface area contributed by atoms with E-state index in [1.165, 1.54) is 18.7 Å². The highest BCUT2D eigenvalue weighted by Gasteiger charge is 2.31. The quantitative estimate of drug-likeness (QED) is 0.629. The Labute approximate surface area is 142 Å². The third-order valence-corrected chi connectivity index (χ3v) is 4.52. The SMILES string of the molecule is CC(Sc1c(=O)o[nH][n+]1C)C(=O)Nc1cc(C(F)(F)F)ccc1Cl. The van der Waals surface area contributed by atoms with Crippen molar-refractivity contribution in [1.82, 2.24) is 5.27 Å². The number of H-pyrrole nitrogens is 1. The van der Waals surface area contributed by atoms with Gasteiger partial charge >= 0.3 is 16.8 Å². The molecule has 0 aliphatic carbocycles. The molecule has 2 aromatic rings. The van der Waals surface area contributed by atoms with Crippen LogP contribution >= 0.6 is 23.4 Å². The Balaban J connectivity index is 2.16. The lowest BCUT2D eigenvalue weighted by molar-refractivity contribution is -0.772. The molecule has 0 fully saturated rings. The summed E-state index contributed by atoms with van der Waals surface area (Å²) in [7, 11) is 1.52. The summed E-state index contributed by atoms with van der Waals surface area (Å²) in [4.78, 5) is 23.6. The highest BCUT2D eigenvalue weighted by atomic mass is 35.5. The number of aromatic nitrogens is 2. The fraction of sp³-hybridized carbons (Fsp3) is 0.308. The number of benzene rings is 1. The molecule has 0 bridgehead atoms. The van der Waals surface area contributed by atoms with E-state index < -0.39 is 28.5 Å². The summed E-state index contributed by atoms with van der Waals surface area (Å²) in [5.74, 6) is -0.609. The third kappa shape index (κ3) is 4.12. The van der Waals surface area contributed by atoms with Crippen LogP contribution in [0.15, 0.2) is 32.5 Å². The molecule has 0 aliphatic heterocycles. The van der Waals surface area contributed by atoms with Gasteiger partial charge in [-0.2, -0.15) is 13.2 Å². The molecule has 0 aliphatic rings. The Kier molecular flexibility index (Phi) is 5.29. The van der Waals surface area contributed by atoms with E-state index in [1.807, 2.05) is 0 Å². The van der Waals surface area contributed by atoms with Gasteiger partial charge in [-0.3, -0.25) is 9.32 Å². The van der Waals surface area contributed by atoms with Gasteiger partial charge in [-0.05, 0) is 42.2 Å². The van der Waals surface area contributed by atoms with Crippen molar-refractivity contribution in [2.45, 2.75) is 23.4 Å². The van der Waals surface area contributed by atoms with Gasteiger partial charge < -0.3 is 5.32 Å². The van der Waals surface area contributed by atoms with Crippen molar-refractivity contribution in [3.05, 3.63) is 39.2 Å². The minimum Gasteiger partial charge on any atom is -0.324 e. The second-order valence-electron chi connectivity index (χ2n) is 4.79. The lowest BCUT2D eigenvalue weighted by atomic mass is 10.2. The Morgan fingerprint density at radius 1 is 1.46 bits per heavy atom. The molecule has 11 heteroatoms. The second kappa shape index (κ2) is 6.89. The zero-order valence-electron chi connectivity index (χ0n) is 12.4. The summed E-state index contributed by atoms with van der Waals surface area (Å²) < 4.78 is 44.0. The molecule has 1 atom stereocenters. The first-order valence-corrected chi connectivity index (χ1v) is 7.77. The van der Waals surface area contributed by atoms with Crippen LogP contribution in [0.4, 0.5) is 18.9 Å². The molecule has 130 valence electrons. The maximum absolute atomic E-state index is 12.7. The lowest BCUT2D eigenvalue weighted by Gasteiger charge is -2.13. The van der Waals surface area contributed by atoms with Crippen LogP contribution < -0.4 is 15.6 Å². The largest absolute Gasteiger partial charge is 0.441 e. The van der Waals surface area contributed by atoms with Gasteiger partial charge in [0.05, 0.1) is 21.5 Å². The molecule has 0 saturated heterocycles. The topological polar surface area (TPSA) is 79.0 Å². The van der Waals surface area contributed by atoms with Gasteiger partial charge in [-0.15, -0.1) is 0 Å². The van der Waals surface area contributed by atoms with Crippen LogP contribution in [-0.4, -0.2) is 16.4 Å². The van der Waals surface area contributed by atoms with Crippen LogP contribution in [0.2, 0.25) is 5.02 Å². The van der Waals surface area contributed by atoms with E-state index in [9.17, 15) is 22.8 Å². The number of amides is 1. The minimum atomic E-state index is -4.55. The number of aryl methyl sites for hydroxylation is 1. The number of carbonyl (C=O) groups is 1. The summed E-state index contributed by atoms with van der Waals surface area (Å²) in [6.07, 6.45) is -4.55. The fourth-order valence-corrected chi connectivity index (χ4v) is 2.71. The molecule has 0 spiro atoms. The average molecular weight is 383 g/mol. The molecule has 0 saturated carbocycles. The summed E-state index contributed by atoms with van der Waals surface area (Å²) in [5.41, 5.74) is -1.74. The smallest absolute Gasteiger partial charge is 0.324 e. The molecule has 24 heavy (non-hydrogen) atoms. The minimum absolute atomic E-state index is 0.0275. The molecule has 1 heterocycles. The monoisotopic (exact) mass is 382 g/mol. The van der Waals surface area contributed by atoms with Crippen molar-refractivity contribution in [2.75, 3.05) is 5.32 Å². The van der Waals surface area contributed by atoms with Crippen molar-refractivity contribution in [1.29, 1.82) is 0 Å². The first-order valence-electron chi connectivity index (χ1n) is 6.51. The molecule has 0 radical (unpaired) electrons. The molecular formula is C13H12ClF3N3O3S+. The number of alkyl halides is 3. The second-order valence-corrected chi connectivity index (χ2v) is 6.52. The molecule has 2 rings (SSSR count). The predicted octanol–water partition coefficient (Wildman–Crippen LogP) is 2.58. The standard InChI is InChI=1S/C13H11ClF3N3O3S/c1-6(24-11-12(22)23-19-20(11)2)10(21)18-9-5-7(13(15,16)17)3-4-8(9)14/h3-6H,1-2H3,(H-,18,19,21,22)/p+1. The van der Waals surface area contributed by atoms with E-state index in [1.54, 1.807) is 0 Å². The summed E-state index contributed by atoms with van der Waals surface area (Å²) in [5, 5.41) is 3.97. The maximum atomic E-state index is 12.7. The first kappa shape index (κ1) is 18.4. The average Bonchev–Trinajstić information content (AvgIpc) is 2.80. The Hall–Kier alpha value is -1.94. The first-order chi connectivity index (χ1) is 11.1. The van der Waals surface area contributed by atoms with Crippen LogP contribution in [0.1, 0.15) is 12.5 Å². The number of nitrogens with one attached hydrogen (secondary N) is 2. The number of thioether (sulfide) groups is 1. The summed E-state index contributed by atoms with van der Waals surface area (Å²) in [6.45, 7) is 1.49. The van der Waals surface area contributed by atoms with Gasteiger partial charge in [0.15, 0.2) is 7.05 Å². The van der Waals surface area contributed by atoms with Crippen LogP contribution in [0.3, 0.4) is 0 Å². The van der Waals surface area contributed by atoms with E-state index in [0.29, 0.717) is 0 Å². The number of aromatic amines is 1. The molecule has 1 amide bonds. The van der Waals surface area contributed by atoms with Gasteiger partial charge in [0.1, 0.15) is 0 Å². The number of hydrogen-bond donors (Lipinski definition) is 2. The van der Waals surface area contributed by atoms with Crippen molar-refractivity contribution < 1.29 is 27.2 Å². The van der Waals surface area contributed by atoms with Crippen molar-refractivity contribution in [3.63, 3.8) is 0 Å². The predicted molar refractivity (Wildman–Crippen MR) is 80.9 cm³/mol. The maximum Gasteiger partial charge on any atom is 0.441 e. The van der Waals surface area contributed by atoms with E-state index in [-0.39, 0.29) is 15.7 Å². The lowest BCUT2D eigenvalue weighted by Crippen LogP contribution is -2.35. The number of rotatable bonds is 4. The van der Waals surface area contributed by atoms with E-state index in [0.717, 1.165) is 30.0 Å². The Morgan fingerprint density at radius 2 is 2.12 bits per heavy atom. The molecule has 1 aromatic carbocycles. The third-order valence-electron chi connectivity index (χ3n) is 2.96. The van der Waals surface area contributed by atoms with Crippen LogP contribution in [0, 0.1) is 0 Å². The molecule has 1 aromatic heterocycles. The molecule has 2 N–H and O–H groups in total. The van der Waals surface area contributed by atoms with E-state index >= 15 is 0 Å². The van der Waals surface area contributed by atoms with Crippen molar-refractivity contribution in [2.24, 2.45) is 7.05 Å². The van der Waals surface area contributed by atoms with Gasteiger partial charge in [0.25, 0.3) is 0 Å². The zero-order chi connectivity index (χ0) is 18.1. The number of nitrogens with zero attached hydrogens (tertiary/aromatic N) is 1. The summed E-state index contributed by atoms with van der Waals surface area (Å²) in [6, 6.07) is 2.63. The van der Waals surface area contributed by atoms with Crippen LogP contribution in [0.5, 0.6) is 0 Å².